The van der Waals surface area contributed by atoms with Crippen LogP contribution in [0, 0.1) is 0 Å². The first-order valence-corrected chi connectivity index (χ1v) is 6.86. The fourth-order valence-electron chi connectivity index (χ4n) is 2.20. The summed E-state index contributed by atoms with van der Waals surface area (Å²) in [4.78, 5) is 12.4. The molecule has 2 aromatic rings. The molecule has 2 aromatic carbocycles. The van der Waals surface area contributed by atoms with Crippen LogP contribution < -0.4 is 15.8 Å². The lowest BCUT2D eigenvalue weighted by Crippen LogP contribution is -2.15. The topological polar surface area (TPSA) is 64.3 Å². The molecule has 0 atom stereocenters. The summed E-state index contributed by atoms with van der Waals surface area (Å²) >= 11 is 0. The lowest BCUT2D eigenvalue weighted by molar-refractivity contribution is 0.102. The lowest BCUT2D eigenvalue weighted by atomic mass is 10.0. The first-order chi connectivity index (χ1) is 10.0. The van der Waals surface area contributed by atoms with Crippen molar-refractivity contribution in [3.05, 3.63) is 53.6 Å². The number of para-hydroxylation sites is 1. The number of amides is 1. The van der Waals surface area contributed by atoms with Crippen LogP contribution in [0.3, 0.4) is 0 Å². The summed E-state index contributed by atoms with van der Waals surface area (Å²) in [5.41, 5.74) is 8.65. The Bertz CT molecular complexity index is 651. The van der Waals surface area contributed by atoms with E-state index in [1.807, 2.05) is 24.3 Å². The van der Waals surface area contributed by atoms with Crippen LogP contribution in [0.2, 0.25) is 0 Å². The number of carbonyl (C=O) groups excluding carboxylic acids is 1. The summed E-state index contributed by atoms with van der Waals surface area (Å²) in [6.07, 6.45) is 0. The molecule has 0 saturated heterocycles. The van der Waals surface area contributed by atoms with Crippen molar-refractivity contribution >= 4 is 17.3 Å². The third-order valence-electron chi connectivity index (χ3n) is 3.30. The predicted molar refractivity (Wildman–Crippen MR) is 85.9 cm³/mol. The Balaban J connectivity index is 2.31. The molecule has 0 spiro atoms. The fourth-order valence-corrected chi connectivity index (χ4v) is 2.20. The van der Waals surface area contributed by atoms with Gasteiger partial charge in [-0.2, -0.15) is 0 Å². The maximum Gasteiger partial charge on any atom is 0.259 e. The van der Waals surface area contributed by atoms with E-state index >= 15 is 0 Å². The number of methoxy groups -OCH3 is 1. The largest absolute Gasteiger partial charge is 0.496 e. The Morgan fingerprint density at radius 3 is 2.57 bits per heavy atom. The standard InChI is InChI=1S/C17H20N2O2/c1-11(2)13-6-4-5-7-15(13)19-17(20)14-9-8-12(18)10-16(14)21-3/h4-11H,18H2,1-3H3,(H,19,20). The minimum atomic E-state index is -0.208. The normalized spacial score (nSPS) is 10.5. The minimum Gasteiger partial charge on any atom is -0.496 e. The van der Waals surface area contributed by atoms with Crippen LogP contribution in [-0.4, -0.2) is 13.0 Å². The van der Waals surface area contributed by atoms with Gasteiger partial charge in [0.25, 0.3) is 5.91 Å². The van der Waals surface area contributed by atoms with E-state index in [9.17, 15) is 4.79 Å². The zero-order valence-corrected chi connectivity index (χ0v) is 12.5. The maximum absolute atomic E-state index is 12.4. The Kier molecular flexibility index (Phi) is 4.48. The Morgan fingerprint density at radius 2 is 1.90 bits per heavy atom. The molecule has 4 heteroatoms. The highest BCUT2D eigenvalue weighted by molar-refractivity contribution is 6.06. The number of nitrogens with two attached hydrogens (primary N) is 1. The first-order valence-electron chi connectivity index (χ1n) is 6.86. The molecule has 0 saturated carbocycles. The number of ether oxygens (including phenoxy) is 1. The van der Waals surface area contributed by atoms with Gasteiger partial charge in [0.15, 0.2) is 0 Å². The van der Waals surface area contributed by atoms with Gasteiger partial charge in [0.05, 0.1) is 12.7 Å². The number of carbonyl (C=O) groups is 1. The number of nitrogen functional groups attached to an aromatic ring is 1. The van der Waals surface area contributed by atoms with Gasteiger partial charge in [-0.15, -0.1) is 0 Å². The van der Waals surface area contributed by atoms with Crippen LogP contribution in [0.25, 0.3) is 0 Å². The molecule has 0 aliphatic rings. The van der Waals surface area contributed by atoms with Crippen LogP contribution >= 0.6 is 0 Å². The molecule has 0 heterocycles. The van der Waals surface area contributed by atoms with Crippen molar-refractivity contribution in [2.24, 2.45) is 0 Å². The van der Waals surface area contributed by atoms with Gasteiger partial charge in [-0.1, -0.05) is 32.0 Å². The molecule has 0 radical (unpaired) electrons. The summed E-state index contributed by atoms with van der Waals surface area (Å²) in [6, 6.07) is 12.8. The number of hydrogen-bond donors (Lipinski definition) is 2. The van der Waals surface area contributed by atoms with Gasteiger partial charge in [-0.05, 0) is 29.7 Å². The third-order valence-corrected chi connectivity index (χ3v) is 3.30. The molecule has 0 unspecified atom stereocenters. The average Bonchev–Trinajstić information content (AvgIpc) is 2.47. The van der Waals surface area contributed by atoms with Gasteiger partial charge in [0.1, 0.15) is 5.75 Å². The van der Waals surface area contributed by atoms with E-state index in [1.54, 1.807) is 18.2 Å². The van der Waals surface area contributed by atoms with Crippen LogP contribution in [0.15, 0.2) is 42.5 Å². The molecule has 0 bridgehead atoms. The fraction of sp³-hybridized carbons (Fsp3) is 0.235. The smallest absolute Gasteiger partial charge is 0.259 e. The average molecular weight is 284 g/mol. The predicted octanol–water partition coefficient (Wildman–Crippen LogP) is 3.65. The molecule has 0 aliphatic carbocycles. The van der Waals surface area contributed by atoms with Crippen LogP contribution in [-0.2, 0) is 0 Å². The van der Waals surface area contributed by atoms with E-state index in [2.05, 4.69) is 19.2 Å². The molecule has 2 rings (SSSR count). The van der Waals surface area contributed by atoms with E-state index in [0.717, 1.165) is 11.3 Å². The molecule has 1 amide bonds. The second-order valence-electron chi connectivity index (χ2n) is 5.16. The molecule has 0 aliphatic heterocycles. The molecular weight excluding hydrogens is 264 g/mol. The maximum atomic E-state index is 12.4. The Hall–Kier alpha value is -2.49. The van der Waals surface area contributed by atoms with Crippen molar-refractivity contribution in [3.63, 3.8) is 0 Å². The molecular formula is C17H20N2O2. The zero-order valence-electron chi connectivity index (χ0n) is 12.5. The summed E-state index contributed by atoms with van der Waals surface area (Å²) in [6.45, 7) is 4.18. The second kappa shape index (κ2) is 6.31. The molecule has 0 fully saturated rings. The van der Waals surface area contributed by atoms with Crippen molar-refractivity contribution in [2.45, 2.75) is 19.8 Å². The Labute approximate surface area is 124 Å². The number of nitrogens with one attached hydrogen (secondary N) is 1. The highest BCUT2D eigenvalue weighted by Gasteiger charge is 2.15. The van der Waals surface area contributed by atoms with Crippen molar-refractivity contribution in [1.29, 1.82) is 0 Å². The monoisotopic (exact) mass is 284 g/mol. The Morgan fingerprint density at radius 1 is 1.19 bits per heavy atom. The molecule has 4 nitrogen and oxygen atoms in total. The molecule has 21 heavy (non-hydrogen) atoms. The number of hydrogen-bond acceptors (Lipinski definition) is 3. The van der Waals surface area contributed by atoms with E-state index in [1.165, 1.54) is 7.11 Å². The zero-order chi connectivity index (χ0) is 15.4. The molecule has 0 aromatic heterocycles. The summed E-state index contributed by atoms with van der Waals surface area (Å²) in [5.74, 6) is 0.587. The van der Waals surface area contributed by atoms with Crippen LogP contribution in [0.1, 0.15) is 35.7 Å². The molecule has 110 valence electrons. The van der Waals surface area contributed by atoms with Crippen molar-refractivity contribution in [2.75, 3.05) is 18.2 Å². The van der Waals surface area contributed by atoms with E-state index in [0.29, 0.717) is 22.9 Å². The number of rotatable bonds is 4. The van der Waals surface area contributed by atoms with Gasteiger partial charge in [0, 0.05) is 17.4 Å². The number of benzene rings is 2. The van der Waals surface area contributed by atoms with Crippen LogP contribution in [0.5, 0.6) is 5.75 Å². The highest BCUT2D eigenvalue weighted by atomic mass is 16.5. The van der Waals surface area contributed by atoms with E-state index < -0.39 is 0 Å². The van der Waals surface area contributed by atoms with Gasteiger partial charge < -0.3 is 15.8 Å². The van der Waals surface area contributed by atoms with Gasteiger partial charge >= 0.3 is 0 Å². The van der Waals surface area contributed by atoms with E-state index in [-0.39, 0.29) is 5.91 Å². The summed E-state index contributed by atoms with van der Waals surface area (Å²) in [5, 5.41) is 2.94. The van der Waals surface area contributed by atoms with Crippen molar-refractivity contribution in [3.8, 4) is 5.75 Å². The SMILES string of the molecule is COc1cc(N)ccc1C(=O)Nc1ccccc1C(C)C. The summed E-state index contributed by atoms with van der Waals surface area (Å²) < 4.78 is 5.22. The van der Waals surface area contributed by atoms with Crippen LogP contribution in [0.4, 0.5) is 11.4 Å². The third kappa shape index (κ3) is 3.34. The quantitative estimate of drug-likeness (QED) is 0.842. The summed E-state index contributed by atoms with van der Waals surface area (Å²) in [7, 11) is 1.52. The van der Waals surface area contributed by atoms with Gasteiger partial charge in [-0.25, -0.2) is 0 Å². The van der Waals surface area contributed by atoms with Crippen molar-refractivity contribution in [1.82, 2.24) is 0 Å². The first kappa shape index (κ1) is 14.9. The number of anilines is 2. The highest BCUT2D eigenvalue weighted by Crippen LogP contribution is 2.26. The molecule has 3 N–H and O–H groups in total. The second-order valence-corrected chi connectivity index (χ2v) is 5.16. The van der Waals surface area contributed by atoms with Crippen molar-refractivity contribution < 1.29 is 9.53 Å². The van der Waals surface area contributed by atoms with Gasteiger partial charge in [-0.3, -0.25) is 4.79 Å². The minimum absolute atomic E-state index is 0.208. The lowest BCUT2D eigenvalue weighted by Gasteiger charge is -2.15. The van der Waals surface area contributed by atoms with E-state index in [4.69, 9.17) is 10.5 Å². The van der Waals surface area contributed by atoms with Gasteiger partial charge in [0.2, 0.25) is 0 Å².